The molecule has 13 heteroatoms. The number of aryl methyl sites for hydroxylation is 1. The first-order chi connectivity index (χ1) is 21.0. The predicted molar refractivity (Wildman–Crippen MR) is 174 cm³/mol. The fraction of sp³-hybridized carbons (Fsp3) is 0.290. The van der Waals surface area contributed by atoms with Crippen molar-refractivity contribution in [2.45, 2.75) is 44.0 Å². The number of nitrogens with one attached hydrogen (secondary N) is 1. The smallest absolute Gasteiger partial charge is 0.263 e. The fourth-order valence-corrected chi connectivity index (χ4v) is 8.17. The number of nitrogens with zero attached hydrogens (tertiary/aromatic N) is 2. The molecule has 1 N–H and O–H groups in total. The van der Waals surface area contributed by atoms with E-state index in [1.807, 2.05) is 73.9 Å². The Kier molecular flexibility index (Phi) is 12.1. The largest absolute Gasteiger partial charge is 0.748 e. The van der Waals surface area contributed by atoms with E-state index >= 15 is 0 Å². The van der Waals surface area contributed by atoms with Crippen LogP contribution >= 0.6 is 23.1 Å². The number of thioether (sulfide) groups is 1. The molecule has 5 rings (SSSR count). The summed E-state index contributed by atoms with van der Waals surface area (Å²) in [5.74, 6) is -0.722. The number of benzene rings is 2. The maximum Gasteiger partial charge on any atom is 0.263 e. The molecule has 0 saturated heterocycles. The highest BCUT2D eigenvalue weighted by Gasteiger charge is 2.25. The Bertz CT molecular complexity index is 1790. The van der Waals surface area contributed by atoms with Crippen molar-refractivity contribution in [2.24, 2.45) is 0 Å². The minimum atomic E-state index is -4.22. The molecule has 4 aromatic rings. The van der Waals surface area contributed by atoms with Crippen molar-refractivity contribution in [1.82, 2.24) is 0 Å². The number of hydrogen-bond donors (Lipinski definition) is 0. The second kappa shape index (κ2) is 15.8. The van der Waals surface area contributed by atoms with Crippen LogP contribution < -0.4 is 14.5 Å². The van der Waals surface area contributed by atoms with Crippen molar-refractivity contribution < 1.29 is 35.5 Å². The third kappa shape index (κ3) is 10.5. The summed E-state index contributed by atoms with van der Waals surface area (Å²) in [4.78, 5) is 6.17. The first-order valence-electron chi connectivity index (χ1n) is 14.1. The lowest BCUT2D eigenvalue weighted by molar-refractivity contribution is -0.669. The molecule has 0 aliphatic carbocycles. The second-order valence-corrected chi connectivity index (χ2v) is 15.3. The van der Waals surface area contributed by atoms with Gasteiger partial charge in [-0.25, -0.2) is 21.8 Å². The van der Waals surface area contributed by atoms with Crippen LogP contribution in [0.3, 0.4) is 0 Å². The van der Waals surface area contributed by atoms with Gasteiger partial charge in [0.05, 0.1) is 31.0 Å². The van der Waals surface area contributed by atoms with E-state index in [2.05, 4.69) is 38.7 Å². The van der Waals surface area contributed by atoms with Crippen LogP contribution in [-0.2, 0) is 26.8 Å². The van der Waals surface area contributed by atoms with E-state index in [1.54, 1.807) is 23.1 Å². The maximum atomic E-state index is 11.0. The number of anilines is 1. The topological polar surface area (TPSA) is 136 Å². The van der Waals surface area contributed by atoms with Crippen LogP contribution in [0.15, 0.2) is 101 Å². The number of unbranched alkanes of at least 4 members (excludes halogenated alkanes) is 2. The molecular formula is C31H35N3O6S4. The number of aromatic nitrogens is 2. The molecule has 0 saturated carbocycles. The van der Waals surface area contributed by atoms with Crippen LogP contribution in [0, 0.1) is 0 Å². The molecule has 0 amide bonds. The number of rotatable bonds is 12. The van der Waals surface area contributed by atoms with Crippen LogP contribution in [0.5, 0.6) is 0 Å². The fourth-order valence-electron chi connectivity index (χ4n) is 4.65. The Balaban J connectivity index is 0.000000657. The Labute approximate surface area is 267 Å². The van der Waals surface area contributed by atoms with E-state index < -0.39 is 20.2 Å². The van der Waals surface area contributed by atoms with Crippen LogP contribution in [0.1, 0.15) is 37.6 Å². The summed E-state index contributed by atoms with van der Waals surface area (Å²) >= 11 is 3.30. The molecule has 0 spiro atoms. The zero-order valence-electron chi connectivity index (χ0n) is 24.3. The normalized spacial score (nSPS) is 14.5. The molecule has 9 nitrogen and oxygen atoms in total. The molecule has 2 aromatic carbocycles. The van der Waals surface area contributed by atoms with E-state index in [9.17, 15) is 25.9 Å². The van der Waals surface area contributed by atoms with Crippen LogP contribution in [-0.4, -0.2) is 44.0 Å². The molecular weight excluding hydrogens is 639 g/mol. The number of fused-ring (bicyclic) bond motifs is 2. The Morgan fingerprint density at radius 2 is 1.52 bits per heavy atom. The molecule has 0 radical (unpaired) electrons. The quantitative estimate of drug-likeness (QED) is 0.114. The molecule has 0 unspecified atom stereocenters. The van der Waals surface area contributed by atoms with Gasteiger partial charge in [-0.3, -0.25) is 0 Å². The third-order valence-corrected chi connectivity index (χ3v) is 10.4. The summed E-state index contributed by atoms with van der Waals surface area (Å²) in [6.07, 6.45) is 9.73. The molecule has 234 valence electrons. The van der Waals surface area contributed by atoms with E-state index in [0.717, 1.165) is 36.4 Å². The van der Waals surface area contributed by atoms with Gasteiger partial charge >= 0.3 is 0 Å². The zero-order chi connectivity index (χ0) is 31.6. The average Bonchev–Trinajstić information content (AvgIpc) is 3.50. The van der Waals surface area contributed by atoms with Gasteiger partial charge in [0.15, 0.2) is 18.9 Å². The SMILES string of the molecule is CC(=Cc1sc2ccccc2[n+]1CCCCS(=O)(=O)[O-])C=C1Sc2ccccc2N1CCCCS(=O)(=O)[O-].c1cc[nH+]cc1. The minimum absolute atomic E-state index is 0.312. The van der Waals surface area contributed by atoms with Gasteiger partial charge in [-0.15, -0.1) is 0 Å². The first kappa shape index (κ1) is 33.8. The van der Waals surface area contributed by atoms with Crippen LogP contribution in [0.4, 0.5) is 5.69 Å². The third-order valence-electron chi connectivity index (χ3n) is 6.63. The predicted octanol–water partition coefficient (Wildman–Crippen LogP) is 5.20. The van der Waals surface area contributed by atoms with E-state index in [0.29, 0.717) is 38.8 Å². The summed E-state index contributed by atoms with van der Waals surface area (Å²) in [5, 5.41) is 2.05. The van der Waals surface area contributed by atoms with Crippen molar-refractivity contribution in [3.63, 3.8) is 0 Å². The molecule has 1 aliphatic heterocycles. The molecule has 2 aromatic heterocycles. The van der Waals surface area contributed by atoms with Gasteiger partial charge in [0, 0.05) is 53.6 Å². The molecule has 44 heavy (non-hydrogen) atoms. The maximum absolute atomic E-state index is 11.0. The van der Waals surface area contributed by atoms with Crippen molar-refractivity contribution in [3.05, 3.63) is 101 Å². The van der Waals surface area contributed by atoms with Crippen molar-refractivity contribution in [2.75, 3.05) is 23.0 Å². The number of para-hydroxylation sites is 2. The lowest BCUT2D eigenvalue weighted by Crippen LogP contribution is -2.35. The summed E-state index contributed by atoms with van der Waals surface area (Å²) < 4.78 is 69.2. The summed E-state index contributed by atoms with van der Waals surface area (Å²) in [7, 11) is -8.45. The molecule has 0 atom stereocenters. The monoisotopic (exact) mass is 673 g/mol. The first-order valence-corrected chi connectivity index (χ1v) is 18.9. The number of hydrogen-bond acceptors (Lipinski definition) is 9. The van der Waals surface area contributed by atoms with Crippen molar-refractivity contribution in [3.8, 4) is 0 Å². The minimum Gasteiger partial charge on any atom is -0.748 e. The van der Waals surface area contributed by atoms with Crippen molar-refractivity contribution in [1.29, 1.82) is 0 Å². The Hall–Kier alpha value is -3.07. The molecule has 3 heterocycles. The van der Waals surface area contributed by atoms with Crippen molar-refractivity contribution >= 4 is 65.3 Å². The van der Waals surface area contributed by atoms with E-state index in [1.165, 1.54) is 0 Å². The van der Waals surface area contributed by atoms with Gasteiger partial charge < -0.3 is 14.0 Å². The molecule has 0 bridgehead atoms. The van der Waals surface area contributed by atoms with Crippen LogP contribution in [0.25, 0.3) is 16.3 Å². The highest BCUT2D eigenvalue weighted by molar-refractivity contribution is 8.03. The summed E-state index contributed by atoms with van der Waals surface area (Å²) in [6, 6.07) is 21.9. The number of thiazole rings is 1. The van der Waals surface area contributed by atoms with Gasteiger partial charge in [-0.1, -0.05) is 53.4 Å². The van der Waals surface area contributed by atoms with Gasteiger partial charge in [0.2, 0.25) is 5.52 Å². The lowest BCUT2D eigenvalue weighted by atomic mass is 10.2. The highest BCUT2D eigenvalue weighted by Crippen LogP contribution is 2.46. The number of aromatic amines is 1. The Morgan fingerprint density at radius 3 is 2.18 bits per heavy atom. The zero-order valence-corrected chi connectivity index (χ0v) is 27.6. The van der Waals surface area contributed by atoms with Gasteiger partial charge in [-0.05, 0) is 56.0 Å². The van der Waals surface area contributed by atoms with E-state index in [4.69, 9.17) is 0 Å². The summed E-state index contributed by atoms with van der Waals surface area (Å²) in [5.41, 5.74) is 3.15. The van der Waals surface area contributed by atoms with Gasteiger partial charge in [-0.2, -0.15) is 4.57 Å². The van der Waals surface area contributed by atoms with Gasteiger partial charge in [0.25, 0.3) is 5.01 Å². The Morgan fingerprint density at radius 1 is 0.864 bits per heavy atom. The highest BCUT2D eigenvalue weighted by atomic mass is 32.2. The second-order valence-electron chi connectivity index (χ2n) is 10.2. The van der Waals surface area contributed by atoms with E-state index in [-0.39, 0.29) is 11.5 Å². The number of allylic oxidation sites excluding steroid dienone is 2. The van der Waals surface area contributed by atoms with Crippen LogP contribution in [0.2, 0.25) is 0 Å². The summed E-state index contributed by atoms with van der Waals surface area (Å²) in [6.45, 7) is 3.23. The molecule has 1 aliphatic rings. The average molecular weight is 674 g/mol. The number of H-pyrrole nitrogens is 1. The molecule has 0 fully saturated rings. The number of pyridine rings is 1. The van der Waals surface area contributed by atoms with Gasteiger partial charge in [0.1, 0.15) is 4.70 Å². The standard InChI is InChI=1S/C26H30N2O6S4.C5H5N/c1-20(18-25-27(14-6-8-16-37(29,30)31)21-10-2-4-12-23(21)35-25)19-26-28(15-7-9-17-38(32,33)34)22-11-3-5-13-24(22)36-26;1-2-4-6-5-3-1/h2-5,10-13,18-19H,6-9,14-17H2,1H3,(H-,29,30,31,32,33,34);1-5H. The lowest BCUT2D eigenvalue weighted by Gasteiger charge is -2.21.